The maximum absolute atomic E-state index is 4.59. The summed E-state index contributed by atoms with van der Waals surface area (Å²) in [5.74, 6) is 0. The van der Waals surface area contributed by atoms with Gasteiger partial charge in [0.15, 0.2) is 0 Å². The Kier molecular flexibility index (Phi) is 3.88. The van der Waals surface area contributed by atoms with Crippen molar-refractivity contribution < 1.29 is 0 Å². The number of nitrogens with zero attached hydrogens (tertiary/aromatic N) is 1. The molecule has 0 aliphatic carbocycles. The van der Waals surface area contributed by atoms with E-state index in [9.17, 15) is 0 Å². The summed E-state index contributed by atoms with van der Waals surface area (Å²) < 4.78 is 0. The summed E-state index contributed by atoms with van der Waals surface area (Å²) in [6, 6.07) is 5.44. The highest BCUT2D eigenvalue weighted by Crippen LogP contribution is 2.29. The number of rotatable bonds is 2. The van der Waals surface area contributed by atoms with Crippen LogP contribution in [0.1, 0.15) is 43.5 Å². The zero-order valence-electron chi connectivity index (χ0n) is 12.3. The summed E-state index contributed by atoms with van der Waals surface area (Å²) in [6.07, 6.45) is 11.9. The molecule has 3 heteroatoms. The van der Waals surface area contributed by atoms with Gasteiger partial charge in [-0.1, -0.05) is 12.1 Å². The predicted molar refractivity (Wildman–Crippen MR) is 82.3 cm³/mol. The molecule has 3 atom stereocenters. The van der Waals surface area contributed by atoms with Crippen LogP contribution in [0.25, 0.3) is 0 Å². The summed E-state index contributed by atoms with van der Waals surface area (Å²) in [5.41, 5.74) is 3.91. The standard InChI is InChI=1S/C17H23N3/c1-12-6-4-10-18-16(12)14-8-3-9-15(20-14)17-13(2)7-5-11-19-17/h4-7,10-11,14-16,18,20H,3,8-9H2,1-2H3. The second kappa shape index (κ2) is 5.80. The van der Waals surface area contributed by atoms with Gasteiger partial charge in [-0.15, -0.1) is 0 Å². The van der Waals surface area contributed by atoms with Crippen molar-refractivity contribution in [2.45, 2.75) is 51.2 Å². The molecule has 0 amide bonds. The third-order valence-corrected chi connectivity index (χ3v) is 4.43. The molecule has 0 bridgehead atoms. The van der Waals surface area contributed by atoms with Crippen molar-refractivity contribution in [3.63, 3.8) is 0 Å². The lowest BCUT2D eigenvalue weighted by Gasteiger charge is -2.37. The molecule has 0 saturated carbocycles. The van der Waals surface area contributed by atoms with Crippen LogP contribution in [0.15, 0.2) is 42.3 Å². The number of aromatic nitrogens is 1. The van der Waals surface area contributed by atoms with Gasteiger partial charge in [0.05, 0.1) is 17.8 Å². The average molecular weight is 269 g/mol. The fraction of sp³-hybridized carbons (Fsp3) is 0.471. The molecule has 106 valence electrons. The third-order valence-electron chi connectivity index (χ3n) is 4.43. The Hall–Kier alpha value is -1.61. The van der Waals surface area contributed by atoms with E-state index in [1.807, 2.05) is 12.3 Å². The largest absolute Gasteiger partial charge is 0.383 e. The van der Waals surface area contributed by atoms with Gasteiger partial charge in [-0.2, -0.15) is 0 Å². The van der Waals surface area contributed by atoms with E-state index >= 15 is 0 Å². The Morgan fingerprint density at radius 2 is 2.15 bits per heavy atom. The molecule has 20 heavy (non-hydrogen) atoms. The first-order valence-electron chi connectivity index (χ1n) is 7.52. The Bertz CT molecular complexity index is 533. The number of aryl methyl sites for hydroxylation is 1. The van der Waals surface area contributed by atoms with Crippen molar-refractivity contribution >= 4 is 0 Å². The lowest BCUT2D eigenvalue weighted by Crippen LogP contribution is -2.51. The first kappa shape index (κ1) is 13.4. The molecule has 3 heterocycles. The fourth-order valence-corrected chi connectivity index (χ4v) is 3.34. The summed E-state index contributed by atoms with van der Waals surface area (Å²) in [4.78, 5) is 4.59. The van der Waals surface area contributed by atoms with Crippen LogP contribution in [0, 0.1) is 6.92 Å². The van der Waals surface area contributed by atoms with E-state index in [0.717, 1.165) is 0 Å². The molecular weight excluding hydrogens is 246 g/mol. The molecule has 1 aromatic rings. The smallest absolute Gasteiger partial charge is 0.0622 e. The molecule has 3 rings (SSSR count). The van der Waals surface area contributed by atoms with E-state index in [1.165, 1.54) is 36.1 Å². The van der Waals surface area contributed by atoms with Gasteiger partial charge in [-0.25, -0.2) is 0 Å². The lowest BCUT2D eigenvalue weighted by atomic mass is 9.87. The average Bonchev–Trinajstić information content (AvgIpc) is 2.48. The Morgan fingerprint density at radius 3 is 2.95 bits per heavy atom. The van der Waals surface area contributed by atoms with E-state index in [0.29, 0.717) is 18.1 Å². The minimum atomic E-state index is 0.385. The number of pyridine rings is 1. The molecule has 2 N–H and O–H groups in total. The monoisotopic (exact) mass is 269 g/mol. The van der Waals surface area contributed by atoms with Crippen LogP contribution >= 0.6 is 0 Å². The second-order valence-corrected chi connectivity index (χ2v) is 5.88. The van der Waals surface area contributed by atoms with E-state index in [2.05, 4.69) is 53.9 Å². The third kappa shape index (κ3) is 2.63. The number of allylic oxidation sites excluding steroid dienone is 2. The number of hydrogen-bond acceptors (Lipinski definition) is 3. The van der Waals surface area contributed by atoms with Crippen LogP contribution in [-0.4, -0.2) is 17.1 Å². The second-order valence-electron chi connectivity index (χ2n) is 5.88. The Balaban J connectivity index is 1.76. The van der Waals surface area contributed by atoms with E-state index in [4.69, 9.17) is 0 Å². The molecule has 1 fully saturated rings. The topological polar surface area (TPSA) is 37.0 Å². The summed E-state index contributed by atoms with van der Waals surface area (Å²) in [7, 11) is 0. The van der Waals surface area contributed by atoms with Gasteiger partial charge >= 0.3 is 0 Å². The van der Waals surface area contributed by atoms with Gasteiger partial charge in [0, 0.05) is 12.2 Å². The normalized spacial score (nSPS) is 29.7. The number of piperidine rings is 1. The maximum Gasteiger partial charge on any atom is 0.0622 e. The van der Waals surface area contributed by atoms with Crippen LogP contribution in [0.5, 0.6) is 0 Å². The quantitative estimate of drug-likeness (QED) is 0.866. The molecule has 1 aromatic heterocycles. The van der Waals surface area contributed by atoms with E-state index < -0.39 is 0 Å². The number of hydrogen-bond donors (Lipinski definition) is 2. The van der Waals surface area contributed by atoms with Gasteiger partial charge in [-0.05, 0) is 62.6 Å². The van der Waals surface area contributed by atoms with Gasteiger partial charge in [0.25, 0.3) is 0 Å². The Labute approximate surface area is 121 Å². The van der Waals surface area contributed by atoms with Gasteiger partial charge in [-0.3, -0.25) is 4.98 Å². The SMILES string of the molecule is CC1=CC=CNC1C1CCCC(c2ncccc2C)N1. The molecule has 1 saturated heterocycles. The van der Waals surface area contributed by atoms with Crippen LogP contribution in [-0.2, 0) is 0 Å². The van der Waals surface area contributed by atoms with Crippen LogP contribution in [0.4, 0.5) is 0 Å². The maximum atomic E-state index is 4.59. The molecule has 0 spiro atoms. The highest BCUT2D eigenvalue weighted by molar-refractivity contribution is 5.25. The molecule has 0 radical (unpaired) electrons. The molecule has 0 aromatic carbocycles. The van der Waals surface area contributed by atoms with Crippen molar-refractivity contribution in [2.24, 2.45) is 0 Å². The highest BCUT2D eigenvalue weighted by Gasteiger charge is 2.30. The van der Waals surface area contributed by atoms with Gasteiger partial charge in [0.1, 0.15) is 0 Å². The number of nitrogens with one attached hydrogen (secondary N) is 2. The van der Waals surface area contributed by atoms with Crippen LogP contribution in [0.3, 0.4) is 0 Å². The van der Waals surface area contributed by atoms with E-state index in [1.54, 1.807) is 0 Å². The molecular formula is C17H23N3. The van der Waals surface area contributed by atoms with Crippen molar-refractivity contribution in [3.05, 3.63) is 53.5 Å². The molecule has 2 aliphatic heterocycles. The van der Waals surface area contributed by atoms with Crippen LogP contribution in [0.2, 0.25) is 0 Å². The lowest BCUT2D eigenvalue weighted by molar-refractivity contribution is 0.286. The highest BCUT2D eigenvalue weighted by atomic mass is 15.1. The molecule has 3 unspecified atom stereocenters. The van der Waals surface area contributed by atoms with Crippen molar-refractivity contribution in [1.29, 1.82) is 0 Å². The van der Waals surface area contributed by atoms with E-state index in [-0.39, 0.29) is 0 Å². The molecule has 3 nitrogen and oxygen atoms in total. The fourth-order valence-electron chi connectivity index (χ4n) is 3.34. The molecule has 2 aliphatic rings. The number of dihydropyridines is 1. The van der Waals surface area contributed by atoms with Crippen molar-refractivity contribution in [3.8, 4) is 0 Å². The van der Waals surface area contributed by atoms with Gasteiger partial charge in [0.2, 0.25) is 0 Å². The predicted octanol–water partition coefficient (Wildman–Crippen LogP) is 3.01. The van der Waals surface area contributed by atoms with Crippen LogP contribution < -0.4 is 10.6 Å². The zero-order valence-corrected chi connectivity index (χ0v) is 12.3. The summed E-state index contributed by atoms with van der Waals surface area (Å²) in [6.45, 7) is 4.36. The summed E-state index contributed by atoms with van der Waals surface area (Å²) >= 11 is 0. The first-order valence-corrected chi connectivity index (χ1v) is 7.52. The van der Waals surface area contributed by atoms with Crippen molar-refractivity contribution in [2.75, 3.05) is 0 Å². The first-order chi connectivity index (χ1) is 9.75. The van der Waals surface area contributed by atoms with Crippen molar-refractivity contribution in [1.82, 2.24) is 15.6 Å². The Morgan fingerprint density at radius 1 is 1.25 bits per heavy atom. The zero-order chi connectivity index (χ0) is 13.9. The minimum Gasteiger partial charge on any atom is -0.383 e. The summed E-state index contributed by atoms with van der Waals surface area (Å²) in [5, 5.41) is 7.30. The van der Waals surface area contributed by atoms with Gasteiger partial charge < -0.3 is 10.6 Å². The minimum absolute atomic E-state index is 0.385.